The Morgan fingerprint density at radius 3 is 2.45 bits per heavy atom. The Hall–Kier alpha value is -5.91. The van der Waals surface area contributed by atoms with Crippen molar-refractivity contribution in [2.75, 3.05) is 62.6 Å². The van der Waals surface area contributed by atoms with Gasteiger partial charge in [-0.15, -0.1) is 0 Å². The fourth-order valence-electron chi connectivity index (χ4n) is 11.8. The lowest BCUT2D eigenvalue weighted by atomic mass is 9.72. The van der Waals surface area contributed by atoms with Crippen LogP contribution in [0.2, 0.25) is 0 Å². The van der Waals surface area contributed by atoms with Crippen LogP contribution in [-0.4, -0.2) is 126 Å². The molecule has 5 fully saturated rings. The summed E-state index contributed by atoms with van der Waals surface area (Å²) in [5.74, 6) is -1.30. The SMILES string of the molecule is CC(C)c1ccccc1[C@H]1CN(S(=O)(=O)C2CC2)CCN1N1CC2(CCN(c3ccc(C(=O)NS(=O)(=O)c4cc5c(c([N+](=O)[O-])c4)N[C@@H](C4CCC(C)(O)CC4)CO5)c(Oc4cnc5[nH]cc(F)c5c4)c3)CC2)C1. The predicted octanol–water partition coefficient (Wildman–Crippen LogP) is 7.43. The largest absolute Gasteiger partial charge is 0.489 e. The van der Waals surface area contributed by atoms with Crippen LogP contribution in [0, 0.1) is 27.3 Å². The van der Waals surface area contributed by atoms with Gasteiger partial charge in [0.1, 0.15) is 29.6 Å². The monoisotopic (exact) mass is 1060 g/mol. The average molecular weight is 1060 g/mol. The lowest BCUT2D eigenvalue weighted by Crippen LogP contribution is -2.68. The van der Waals surface area contributed by atoms with E-state index in [-0.39, 0.29) is 80.7 Å². The fourth-order valence-corrected chi connectivity index (χ4v) is 14.6. The number of piperazine rings is 1. The first-order valence-corrected chi connectivity index (χ1v) is 28.6. The number of carbonyl (C=O) groups excluding carboxylic acids is 1. The zero-order valence-corrected chi connectivity index (χ0v) is 43.3. The summed E-state index contributed by atoms with van der Waals surface area (Å²) in [6.45, 7) is 10.7. The fraction of sp³-hybridized carbons (Fsp3) is 0.500. The molecule has 0 radical (unpaired) electrons. The summed E-state index contributed by atoms with van der Waals surface area (Å²) >= 11 is 0. The van der Waals surface area contributed by atoms with Gasteiger partial charge in [-0.05, 0) is 99.5 Å². The molecule has 6 heterocycles. The average Bonchev–Trinajstić information content (AvgIpc) is 4.18. The van der Waals surface area contributed by atoms with Crippen LogP contribution in [-0.2, 0) is 20.0 Å². The van der Waals surface area contributed by atoms with Crippen LogP contribution in [0.15, 0.2) is 78.0 Å². The number of rotatable bonds is 13. The number of sulfonamides is 2. The van der Waals surface area contributed by atoms with Crippen molar-refractivity contribution in [2.45, 2.75) is 106 Å². The number of pyridine rings is 1. The predicted molar refractivity (Wildman–Crippen MR) is 275 cm³/mol. The van der Waals surface area contributed by atoms with E-state index >= 15 is 0 Å². The number of hydrogen-bond donors (Lipinski definition) is 4. The highest BCUT2D eigenvalue weighted by molar-refractivity contribution is 7.90. The molecule has 22 heteroatoms. The van der Waals surface area contributed by atoms with Crippen LogP contribution < -0.4 is 24.4 Å². The number of hydrogen-bond acceptors (Lipinski definition) is 15. The van der Waals surface area contributed by atoms with Gasteiger partial charge in [0.25, 0.3) is 21.6 Å². The van der Waals surface area contributed by atoms with E-state index in [1.165, 1.54) is 23.9 Å². The van der Waals surface area contributed by atoms with Crippen molar-refractivity contribution in [1.82, 2.24) is 29.0 Å². The highest BCUT2D eigenvalue weighted by Gasteiger charge is 2.51. The van der Waals surface area contributed by atoms with E-state index in [1.807, 2.05) is 12.1 Å². The first-order chi connectivity index (χ1) is 35.3. The van der Waals surface area contributed by atoms with Crippen molar-refractivity contribution in [1.29, 1.82) is 0 Å². The van der Waals surface area contributed by atoms with Gasteiger partial charge >= 0.3 is 0 Å². The molecule has 2 saturated carbocycles. The minimum Gasteiger partial charge on any atom is -0.489 e. The van der Waals surface area contributed by atoms with Gasteiger partial charge in [0, 0.05) is 81.3 Å². The molecule has 3 aromatic carbocycles. The van der Waals surface area contributed by atoms with E-state index in [0.717, 1.165) is 62.7 Å². The third kappa shape index (κ3) is 9.68. The topological polar surface area (TPSA) is 233 Å². The molecule has 11 rings (SSSR count). The lowest BCUT2D eigenvalue weighted by Gasteiger charge is -2.60. The molecule has 2 aromatic heterocycles. The number of halogens is 1. The number of piperidine rings is 1. The third-order valence-corrected chi connectivity index (χ3v) is 20.0. The van der Waals surface area contributed by atoms with Crippen molar-refractivity contribution < 1.29 is 45.5 Å². The van der Waals surface area contributed by atoms with Crippen molar-refractivity contribution in [3.05, 3.63) is 106 Å². The summed E-state index contributed by atoms with van der Waals surface area (Å²) in [7, 11) is -8.11. The van der Waals surface area contributed by atoms with E-state index in [9.17, 15) is 41.2 Å². The lowest BCUT2D eigenvalue weighted by molar-refractivity contribution is -0.384. The second-order valence-electron chi connectivity index (χ2n) is 21.8. The molecule has 4 aliphatic heterocycles. The molecule has 74 heavy (non-hydrogen) atoms. The number of fused-ring (bicyclic) bond motifs is 2. The zero-order chi connectivity index (χ0) is 51.9. The van der Waals surface area contributed by atoms with Crippen LogP contribution in [0.1, 0.15) is 106 Å². The van der Waals surface area contributed by atoms with Crippen LogP contribution in [0.5, 0.6) is 17.2 Å². The van der Waals surface area contributed by atoms with E-state index < -0.39 is 52.9 Å². The molecule has 3 saturated heterocycles. The molecule has 1 spiro atoms. The summed E-state index contributed by atoms with van der Waals surface area (Å²) in [5.41, 5.74) is 1.94. The molecule has 0 bridgehead atoms. The van der Waals surface area contributed by atoms with Gasteiger partial charge in [-0.3, -0.25) is 14.9 Å². The Labute approximate surface area is 429 Å². The van der Waals surface area contributed by atoms with E-state index in [2.05, 4.69) is 60.9 Å². The summed E-state index contributed by atoms with van der Waals surface area (Å²) in [6.07, 6.45) is 8.18. The number of ether oxygens (including phenoxy) is 2. The number of nitro groups is 1. The standard InChI is InChI=1S/C52H62FN9O10S2/c1-32(2)38-6-4-5-7-39(38)45-28-60(74(69,70)36-9-10-36)20-21-61(45)59-30-52(31-59)16-18-58(19-17-52)34-8-11-40(46(22-34)72-35-23-41-42(53)27-55-49(41)54-26-35)50(63)57-73(67,68)37-24-44(62(65)66)48-47(25-37)71-29-43(56-48)33-12-14-51(3,64)15-13-33/h4-8,11,22-27,32-33,36,43,45,56,64H,9-10,12-21,28-31H2,1-3H3,(H,54,55)(H,57,63)/t33?,43-,45-,51?/m1/s1. The van der Waals surface area contributed by atoms with Crippen molar-refractivity contribution in [2.24, 2.45) is 11.3 Å². The number of aliphatic hydroxyl groups is 1. The number of aromatic nitrogens is 2. The minimum atomic E-state index is -4.76. The van der Waals surface area contributed by atoms with Gasteiger partial charge < -0.3 is 29.8 Å². The van der Waals surface area contributed by atoms with Crippen molar-refractivity contribution >= 4 is 54.0 Å². The molecule has 5 aromatic rings. The second-order valence-corrected chi connectivity index (χ2v) is 25.7. The summed E-state index contributed by atoms with van der Waals surface area (Å²) in [6, 6.07) is 16.2. The number of nitrogens with zero attached hydrogens (tertiary/aromatic N) is 6. The normalized spacial score (nSPS) is 24.7. The number of anilines is 2. The van der Waals surface area contributed by atoms with Crippen molar-refractivity contribution in [3.8, 4) is 17.2 Å². The number of hydrazine groups is 1. The Kier molecular flexibility index (Phi) is 12.9. The Balaban J connectivity index is 0.809. The summed E-state index contributed by atoms with van der Waals surface area (Å²) in [5, 5.41) is 30.8. The molecular weight excluding hydrogens is 994 g/mol. The van der Waals surface area contributed by atoms with Gasteiger partial charge in [0.05, 0.1) is 49.9 Å². The highest BCUT2D eigenvalue weighted by atomic mass is 32.2. The number of carbonyl (C=O) groups is 1. The number of aromatic amines is 1. The molecule has 4 N–H and O–H groups in total. The van der Waals surface area contributed by atoms with E-state index in [4.69, 9.17) is 9.47 Å². The van der Waals surface area contributed by atoms with Gasteiger partial charge in [-0.1, -0.05) is 38.1 Å². The van der Waals surface area contributed by atoms with Gasteiger partial charge in [-0.25, -0.2) is 40.9 Å². The van der Waals surface area contributed by atoms with E-state index in [1.54, 1.807) is 23.4 Å². The smallest absolute Gasteiger partial charge is 0.297 e. The summed E-state index contributed by atoms with van der Waals surface area (Å²) < 4.78 is 85.9. The minimum absolute atomic E-state index is 0.0259. The third-order valence-electron chi connectivity index (χ3n) is 16.3. The second kappa shape index (κ2) is 19.0. The zero-order valence-electron chi connectivity index (χ0n) is 41.6. The molecule has 19 nitrogen and oxygen atoms in total. The summed E-state index contributed by atoms with van der Waals surface area (Å²) in [4.78, 5) is 34.5. The highest BCUT2D eigenvalue weighted by Crippen LogP contribution is 2.47. The maximum absolute atomic E-state index is 14.7. The Bertz CT molecular complexity index is 3230. The first-order valence-electron chi connectivity index (χ1n) is 25.6. The Morgan fingerprint density at radius 1 is 0.986 bits per heavy atom. The number of H-pyrrole nitrogens is 1. The maximum Gasteiger partial charge on any atom is 0.297 e. The van der Waals surface area contributed by atoms with Crippen molar-refractivity contribution in [3.63, 3.8) is 0 Å². The quantitative estimate of drug-likeness (QED) is 0.0664. The first kappa shape index (κ1) is 50.3. The number of nitro benzene ring substituents is 1. The Morgan fingerprint density at radius 2 is 1.73 bits per heavy atom. The van der Waals surface area contributed by atoms with E-state index in [0.29, 0.717) is 64.1 Å². The number of nitrogens with one attached hydrogen (secondary N) is 3. The molecule has 6 aliphatic rings. The maximum atomic E-state index is 14.7. The van der Waals surface area contributed by atoms with Gasteiger partial charge in [0.15, 0.2) is 11.4 Å². The number of amides is 1. The van der Waals surface area contributed by atoms with Crippen LogP contribution in [0.25, 0.3) is 11.0 Å². The van der Waals surface area contributed by atoms with Crippen LogP contribution >= 0.6 is 0 Å². The van der Waals surface area contributed by atoms with Gasteiger partial charge in [-0.2, -0.15) is 4.31 Å². The van der Waals surface area contributed by atoms with Crippen LogP contribution in [0.3, 0.4) is 0 Å². The molecule has 2 atom stereocenters. The molecule has 0 unspecified atom stereocenters. The molecule has 2 aliphatic carbocycles. The number of benzene rings is 3. The van der Waals surface area contributed by atoms with Crippen LogP contribution in [0.4, 0.5) is 21.5 Å². The molecule has 394 valence electrons. The van der Waals surface area contributed by atoms with Gasteiger partial charge in [0.2, 0.25) is 10.0 Å². The molecular formula is C52H62FN9O10S2. The molecule has 1 amide bonds.